The molecule has 0 aromatic heterocycles. The summed E-state index contributed by atoms with van der Waals surface area (Å²) in [7, 11) is 0. The summed E-state index contributed by atoms with van der Waals surface area (Å²) in [6.45, 7) is 6.33. The molecule has 0 radical (unpaired) electrons. The first-order valence-corrected chi connectivity index (χ1v) is 6.57. The Kier molecular flexibility index (Phi) is 10.8. The summed E-state index contributed by atoms with van der Waals surface area (Å²) in [5.41, 5.74) is 10.3. The summed E-state index contributed by atoms with van der Waals surface area (Å²) in [6.07, 6.45) is 4.28. The van der Waals surface area contributed by atoms with Crippen molar-refractivity contribution in [1.82, 2.24) is 5.32 Å². The van der Waals surface area contributed by atoms with E-state index in [-0.39, 0.29) is 23.7 Å². The van der Waals surface area contributed by atoms with Crippen molar-refractivity contribution < 1.29 is 9.59 Å². The van der Waals surface area contributed by atoms with Crippen molar-refractivity contribution >= 4 is 24.2 Å². The fraction of sp³-hybridized carbons (Fsp3) is 0.846. The van der Waals surface area contributed by atoms with Crippen LogP contribution in [0.25, 0.3) is 0 Å². The van der Waals surface area contributed by atoms with Crippen LogP contribution >= 0.6 is 12.4 Å². The molecule has 6 heteroatoms. The topological polar surface area (TPSA) is 98.2 Å². The van der Waals surface area contributed by atoms with E-state index in [9.17, 15) is 9.59 Å². The van der Waals surface area contributed by atoms with E-state index in [2.05, 4.69) is 5.32 Å². The van der Waals surface area contributed by atoms with E-state index in [1.807, 2.05) is 20.8 Å². The molecular formula is C13H28ClN3O2. The monoisotopic (exact) mass is 293 g/mol. The first-order chi connectivity index (χ1) is 8.29. The van der Waals surface area contributed by atoms with Gasteiger partial charge < -0.3 is 16.8 Å². The van der Waals surface area contributed by atoms with Crippen molar-refractivity contribution in [3.8, 4) is 0 Å². The summed E-state index contributed by atoms with van der Waals surface area (Å²) < 4.78 is 0. The molecule has 1 atom stereocenters. The summed E-state index contributed by atoms with van der Waals surface area (Å²) in [4.78, 5) is 23.0. The highest BCUT2D eigenvalue weighted by Crippen LogP contribution is 2.19. The number of amides is 2. The molecule has 19 heavy (non-hydrogen) atoms. The lowest BCUT2D eigenvalue weighted by Gasteiger charge is -2.28. The molecule has 5 N–H and O–H groups in total. The molecule has 0 fully saturated rings. The highest BCUT2D eigenvalue weighted by atomic mass is 35.5. The van der Waals surface area contributed by atoms with Crippen molar-refractivity contribution in [3.63, 3.8) is 0 Å². The standard InChI is InChI=1S/C13H27N3O2.ClH/c1-13(2,3)11(12(15)18)16-10(17)8-6-4-5-7-9-14;/h11H,4-9,14H2,1-3H3,(H2,15,18)(H,16,17);1H. The zero-order valence-corrected chi connectivity index (χ0v) is 13.0. The Bertz CT molecular complexity index is 278. The van der Waals surface area contributed by atoms with E-state index in [0.29, 0.717) is 13.0 Å². The number of rotatable bonds is 8. The predicted octanol–water partition coefficient (Wildman–Crippen LogP) is 1.33. The molecule has 0 rings (SSSR count). The third-order valence-corrected chi connectivity index (χ3v) is 2.81. The Morgan fingerprint density at radius 2 is 1.63 bits per heavy atom. The highest BCUT2D eigenvalue weighted by Gasteiger charge is 2.30. The minimum atomic E-state index is -0.617. The van der Waals surface area contributed by atoms with Gasteiger partial charge in [-0.1, -0.05) is 33.6 Å². The third kappa shape index (κ3) is 9.73. The molecule has 114 valence electrons. The van der Waals surface area contributed by atoms with Crippen LogP contribution in [0.5, 0.6) is 0 Å². The number of carbonyl (C=O) groups excluding carboxylic acids is 2. The number of carbonyl (C=O) groups is 2. The summed E-state index contributed by atoms with van der Waals surface area (Å²) >= 11 is 0. The number of hydrogen-bond acceptors (Lipinski definition) is 3. The van der Waals surface area contributed by atoms with Crippen LogP contribution in [-0.4, -0.2) is 24.4 Å². The average Bonchev–Trinajstić information content (AvgIpc) is 2.23. The van der Waals surface area contributed by atoms with Gasteiger partial charge in [-0.15, -0.1) is 12.4 Å². The number of unbranched alkanes of at least 4 members (excludes halogenated alkanes) is 3. The summed E-state index contributed by atoms with van der Waals surface area (Å²) in [5.74, 6) is -0.597. The lowest BCUT2D eigenvalue weighted by Crippen LogP contribution is -2.51. The maximum Gasteiger partial charge on any atom is 0.240 e. The Balaban J connectivity index is 0. The van der Waals surface area contributed by atoms with Crippen LogP contribution in [0.4, 0.5) is 0 Å². The lowest BCUT2D eigenvalue weighted by atomic mass is 9.86. The van der Waals surface area contributed by atoms with Crippen LogP contribution in [0.3, 0.4) is 0 Å². The maximum absolute atomic E-state index is 11.7. The molecule has 0 aliphatic carbocycles. The first-order valence-electron chi connectivity index (χ1n) is 6.57. The molecule has 0 spiro atoms. The van der Waals surface area contributed by atoms with Crippen LogP contribution < -0.4 is 16.8 Å². The predicted molar refractivity (Wildman–Crippen MR) is 80.0 cm³/mol. The van der Waals surface area contributed by atoms with Gasteiger partial charge in [-0.3, -0.25) is 9.59 Å². The first kappa shape index (κ1) is 20.5. The number of nitrogens with one attached hydrogen (secondary N) is 1. The van der Waals surface area contributed by atoms with Gasteiger partial charge in [-0.2, -0.15) is 0 Å². The van der Waals surface area contributed by atoms with Crippen LogP contribution in [-0.2, 0) is 9.59 Å². The third-order valence-electron chi connectivity index (χ3n) is 2.81. The van der Waals surface area contributed by atoms with Crippen LogP contribution in [0.15, 0.2) is 0 Å². The second kappa shape index (κ2) is 10.0. The summed E-state index contributed by atoms with van der Waals surface area (Å²) in [5, 5.41) is 2.71. The van der Waals surface area contributed by atoms with E-state index in [1.54, 1.807) is 0 Å². The molecule has 0 aliphatic rings. The maximum atomic E-state index is 11.7. The van der Waals surface area contributed by atoms with E-state index >= 15 is 0 Å². The van der Waals surface area contributed by atoms with E-state index in [4.69, 9.17) is 11.5 Å². The van der Waals surface area contributed by atoms with Crippen LogP contribution in [0.1, 0.15) is 52.9 Å². The fourth-order valence-corrected chi connectivity index (χ4v) is 1.73. The van der Waals surface area contributed by atoms with Crippen molar-refractivity contribution in [1.29, 1.82) is 0 Å². The van der Waals surface area contributed by atoms with E-state index < -0.39 is 11.9 Å². The van der Waals surface area contributed by atoms with Crippen LogP contribution in [0, 0.1) is 5.41 Å². The molecule has 2 amide bonds. The smallest absolute Gasteiger partial charge is 0.240 e. The number of halogens is 1. The molecule has 0 aromatic carbocycles. The highest BCUT2D eigenvalue weighted by molar-refractivity contribution is 5.87. The van der Waals surface area contributed by atoms with Gasteiger partial charge in [0, 0.05) is 6.42 Å². The molecule has 0 aromatic rings. The Hall–Kier alpha value is -0.810. The quantitative estimate of drug-likeness (QED) is 0.589. The molecule has 5 nitrogen and oxygen atoms in total. The van der Waals surface area contributed by atoms with Crippen molar-refractivity contribution in [2.45, 2.75) is 58.9 Å². The van der Waals surface area contributed by atoms with Crippen molar-refractivity contribution in [2.24, 2.45) is 16.9 Å². The zero-order chi connectivity index (χ0) is 14.2. The van der Waals surface area contributed by atoms with Crippen molar-refractivity contribution in [3.05, 3.63) is 0 Å². The SMILES string of the molecule is CC(C)(C)C(NC(=O)CCCCCCN)C(N)=O.Cl. The molecule has 1 unspecified atom stereocenters. The zero-order valence-electron chi connectivity index (χ0n) is 12.2. The Morgan fingerprint density at radius 3 is 2.05 bits per heavy atom. The minimum Gasteiger partial charge on any atom is -0.368 e. The van der Waals surface area contributed by atoms with Gasteiger partial charge in [0.25, 0.3) is 0 Å². The molecule has 0 saturated heterocycles. The van der Waals surface area contributed by atoms with Gasteiger partial charge in [-0.25, -0.2) is 0 Å². The lowest BCUT2D eigenvalue weighted by molar-refractivity contribution is -0.129. The van der Waals surface area contributed by atoms with Gasteiger partial charge in [-0.05, 0) is 24.8 Å². The Morgan fingerprint density at radius 1 is 1.11 bits per heavy atom. The number of hydrogen-bond donors (Lipinski definition) is 3. The Labute approximate surface area is 122 Å². The minimum absolute atomic E-state index is 0. The van der Waals surface area contributed by atoms with Crippen molar-refractivity contribution in [2.75, 3.05) is 6.54 Å². The summed E-state index contributed by atoms with van der Waals surface area (Å²) in [6, 6.07) is -0.617. The largest absolute Gasteiger partial charge is 0.368 e. The second-order valence-corrected chi connectivity index (χ2v) is 5.72. The average molecular weight is 294 g/mol. The number of primary amides is 1. The molecule has 0 saturated carbocycles. The van der Waals surface area contributed by atoms with Gasteiger partial charge in [0.05, 0.1) is 0 Å². The van der Waals surface area contributed by atoms with Gasteiger partial charge in [0.15, 0.2) is 0 Å². The van der Waals surface area contributed by atoms with E-state index in [1.165, 1.54) is 0 Å². The van der Waals surface area contributed by atoms with Crippen LogP contribution in [0.2, 0.25) is 0 Å². The number of nitrogens with two attached hydrogens (primary N) is 2. The van der Waals surface area contributed by atoms with Gasteiger partial charge >= 0.3 is 0 Å². The second-order valence-electron chi connectivity index (χ2n) is 5.72. The molecule has 0 aliphatic heterocycles. The van der Waals surface area contributed by atoms with Gasteiger partial charge in [0.2, 0.25) is 11.8 Å². The fourth-order valence-electron chi connectivity index (χ4n) is 1.73. The molecular weight excluding hydrogens is 266 g/mol. The molecule has 0 bridgehead atoms. The van der Waals surface area contributed by atoms with Gasteiger partial charge in [0.1, 0.15) is 6.04 Å². The van der Waals surface area contributed by atoms with E-state index in [0.717, 1.165) is 25.7 Å². The molecule has 0 heterocycles. The normalized spacial score (nSPS) is 12.4.